The first-order valence-corrected chi connectivity index (χ1v) is 9.22. The van der Waals surface area contributed by atoms with Crippen LogP contribution in [0.15, 0.2) is 12.1 Å². The summed E-state index contributed by atoms with van der Waals surface area (Å²) in [5.41, 5.74) is 1.17. The van der Waals surface area contributed by atoms with E-state index in [1.54, 1.807) is 12.1 Å². The van der Waals surface area contributed by atoms with Crippen LogP contribution < -0.4 is 0 Å². The van der Waals surface area contributed by atoms with E-state index in [4.69, 9.17) is 0 Å². The van der Waals surface area contributed by atoms with Gasteiger partial charge in [0, 0.05) is 11.1 Å². The highest BCUT2D eigenvalue weighted by molar-refractivity contribution is 5.52. The van der Waals surface area contributed by atoms with Gasteiger partial charge in [0.05, 0.1) is 0 Å². The van der Waals surface area contributed by atoms with Gasteiger partial charge < -0.3 is 10.2 Å². The lowest BCUT2D eigenvalue weighted by Gasteiger charge is -2.44. The lowest BCUT2D eigenvalue weighted by atomic mass is 9.60. The molecular weight excluding hydrogens is 296 g/mol. The van der Waals surface area contributed by atoms with Gasteiger partial charge in [-0.1, -0.05) is 82.1 Å². The first-order valence-electron chi connectivity index (χ1n) is 9.22. The summed E-state index contributed by atoms with van der Waals surface area (Å²) in [5.74, 6) is 0.573. The number of phenols is 2. The van der Waals surface area contributed by atoms with E-state index in [0.717, 1.165) is 24.0 Å². The summed E-state index contributed by atoms with van der Waals surface area (Å²) in [6, 6.07) is 3.57. The standard InChI is InChI=1S/C22H38O2/c1-11-19(3,4)21(7,8)15-13-18(24)16(14-17(15)23)22(9,10)20(5,6)12-2/h13-14,23-24H,11-12H2,1-10H3. The average molecular weight is 335 g/mol. The van der Waals surface area contributed by atoms with Gasteiger partial charge >= 0.3 is 0 Å². The van der Waals surface area contributed by atoms with Crippen molar-refractivity contribution in [1.29, 1.82) is 0 Å². The van der Waals surface area contributed by atoms with Gasteiger partial charge in [0.1, 0.15) is 11.5 Å². The van der Waals surface area contributed by atoms with Crippen LogP contribution in [0.4, 0.5) is 0 Å². The van der Waals surface area contributed by atoms with Crippen molar-refractivity contribution in [3.8, 4) is 11.5 Å². The number of hydrogen-bond acceptors (Lipinski definition) is 2. The molecule has 2 N–H and O–H groups in total. The van der Waals surface area contributed by atoms with Gasteiger partial charge in [0.25, 0.3) is 0 Å². The first kappa shape index (κ1) is 20.9. The van der Waals surface area contributed by atoms with Crippen LogP contribution in [0.1, 0.15) is 93.2 Å². The monoisotopic (exact) mass is 334 g/mol. The SMILES string of the molecule is CCC(C)(C)C(C)(C)c1cc(O)c(C(C)(C)C(C)(C)CC)cc1O. The van der Waals surface area contributed by atoms with Gasteiger partial charge in [0.15, 0.2) is 0 Å². The Labute approximate surface area is 149 Å². The highest BCUT2D eigenvalue weighted by Gasteiger charge is 2.42. The Bertz CT molecular complexity index is 538. The molecule has 0 fully saturated rings. The van der Waals surface area contributed by atoms with Crippen LogP contribution in [0, 0.1) is 10.8 Å². The molecule has 2 nitrogen and oxygen atoms in total. The molecule has 24 heavy (non-hydrogen) atoms. The molecule has 1 aromatic rings. The Hall–Kier alpha value is -1.18. The Morgan fingerprint density at radius 3 is 1.08 bits per heavy atom. The molecule has 0 amide bonds. The molecule has 2 heteroatoms. The minimum atomic E-state index is -0.244. The van der Waals surface area contributed by atoms with E-state index in [1.807, 2.05) is 0 Å². The average Bonchev–Trinajstić information content (AvgIpc) is 2.48. The van der Waals surface area contributed by atoms with Gasteiger partial charge in [-0.15, -0.1) is 0 Å². The smallest absolute Gasteiger partial charge is 0.119 e. The molecule has 0 bridgehead atoms. The predicted molar refractivity (Wildman–Crippen MR) is 104 cm³/mol. The fourth-order valence-electron chi connectivity index (χ4n) is 3.19. The van der Waals surface area contributed by atoms with Crippen LogP contribution in [-0.2, 0) is 10.8 Å². The largest absolute Gasteiger partial charge is 0.508 e. The zero-order valence-electron chi connectivity index (χ0n) is 17.5. The van der Waals surface area contributed by atoms with Crippen molar-refractivity contribution in [3.63, 3.8) is 0 Å². The van der Waals surface area contributed by atoms with Crippen molar-refractivity contribution < 1.29 is 10.2 Å². The van der Waals surface area contributed by atoms with Crippen molar-refractivity contribution in [3.05, 3.63) is 23.3 Å². The maximum Gasteiger partial charge on any atom is 0.119 e. The van der Waals surface area contributed by atoms with Crippen molar-refractivity contribution in [1.82, 2.24) is 0 Å². The number of rotatable bonds is 6. The molecule has 0 atom stereocenters. The Kier molecular flexibility index (Phi) is 5.46. The number of hydrogen-bond donors (Lipinski definition) is 2. The Morgan fingerprint density at radius 2 is 0.875 bits per heavy atom. The van der Waals surface area contributed by atoms with Gasteiger partial charge in [-0.05, 0) is 33.8 Å². The molecule has 0 aliphatic rings. The van der Waals surface area contributed by atoms with E-state index >= 15 is 0 Å². The van der Waals surface area contributed by atoms with E-state index in [1.165, 1.54) is 0 Å². The van der Waals surface area contributed by atoms with E-state index in [0.29, 0.717) is 0 Å². The van der Waals surface area contributed by atoms with Crippen LogP contribution in [0.5, 0.6) is 11.5 Å². The highest BCUT2D eigenvalue weighted by atomic mass is 16.3. The summed E-state index contributed by atoms with van der Waals surface area (Å²) < 4.78 is 0. The summed E-state index contributed by atoms with van der Waals surface area (Å²) in [7, 11) is 0. The number of aromatic hydroxyl groups is 2. The molecule has 0 saturated carbocycles. The predicted octanol–water partition coefficient (Wildman–Crippen LogP) is 6.53. The minimum absolute atomic E-state index is 0.0106. The van der Waals surface area contributed by atoms with E-state index < -0.39 is 0 Å². The second kappa shape index (κ2) is 6.28. The molecule has 138 valence electrons. The summed E-state index contributed by atoms with van der Waals surface area (Å²) in [4.78, 5) is 0. The Balaban J connectivity index is 3.55. The van der Waals surface area contributed by atoms with Crippen LogP contribution in [0.25, 0.3) is 0 Å². The molecule has 0 heterocycles. The van der Waals surface area contributed by atoms with Crippen molar-refractivity contribution in [2.45, 2.75) is 92.9 Å². The summed E-state index contributed by atoms with van der Waals surface area (Å²) >= 11 is 0. The quantitative estimate of drug-likeness (QED) is 0.581. The van der Waals surface area contributed by atoms with E-state index in [2.05, 4.69) is 69.2 Å². The summed E-state index contributed by atoms with van der Waals surface area (Å²) in [5, 5.41) is 21.6. The lowest BCUT2D eigenvalue weighted by Crippen LogP contribution is -2.37. The third kappa shape index (κ3) is 3.17. The summed E-state index contributed by atoms with van der Waals surface area (Å²) in [6.07, 6.45) is 1.99. The fraction of sp³-hybridized carbons (Fsp3) is 0.727. The van der Waals surface area contributed by atoms with Crippen molar-refractivity contribution in [2.75, 3.05) is 0 Å². The molecule has 1 aromatic carbocycles. The third-order valence-electron chi connectivity index (χ3n) is 7.61. The fourth-order valence-corrected chi connectivity index (χ4v) is 3.19. The molecule has 0 aromatic heterocycles. The maximum absolute atomic E-state index is 10.8. The van der Waals surface area contributed by atoms with Crippen LogP contribution in [0.2, 0.25) is 0 Å². The molecule has 0 aliphatic carbocycles. The molecule has 1 rings (SSSR count). The molecule has 0 saturated heterocycles. The Morgan fingerprint density at radius 1 is 0.625 bits per heavy atom. The third-order valence-corrected chi connectivity index (χ3v) is 7.61. The van der Waals surface area contributed by atoms with Crippen LogP contribution in [0.3, 0.4) is 0 Å². The molecule has 0 unspecified atom stereocenters. The van der Waals surface area contributed by atoms with Crippen molar-refractivity contribution >= 4 is 0 Å². The second-order valence-electron chi connectivity index (χ2n) is 9.61. The van der Waals surface area contributed by atoms with E-state index in [-0.39, 0.29) is 33.2 Å². The zero-order chi connectivity index (χ0) is 19.1. The molecule has 0 aliphatic heterocycles. The number of phenolic OH excluding ortho intramolecular Hbond substituents is 2. The zero-order valence-corrected chi connectivity index (χ0v) is 17.5. The van der Waals surface area contributed by atoms with Gasteiger partial charge in [-0.2, -0.15) is 0 Å². The first-order chi connectivity index (χ1) is 10.7. The minimum Gasteiger partial charge on any atom is -0.508 e. The molecular formula is C22H38O2. The lowest BCUT2D eigenvalue weighted by molar-refractivity contribution is 0.178. The normalized spacial score (nSPS) is 14.1. The number of benzene rings is 1. The van der Waals surface area contributed by atoms with Gasteiger partial charge in [0.2, 0.25) is 0 Å². The van der Waals surface area contributed by atoms with Gasteiger partial charge in [-0.3, -0.25) is 0 Å². The van der Waals surface area contributed by atoms with Crippen LogP contribution >= 0.6 is 0 Å². The summed E-state index contributed by atoms with van der Waals surface area (Å²) in [6.45, 7) is 21.8. The highest BCUT2D eigenvalue weighted by Crippen LogP contribution is 2.52. The molecule has 0 radical (unpaired) electrons. The topological polar surface area (TPSA) is 40.5 Å². The molecule has 0 spiro atoms. The van der Waals surface area contributed by atoms with E-state index in [9.17, 15) is 10.2 Å². The van der Waals surface area contributed by atoms with Crippen LogP contribution in [-0.4, -0.2) is 10.2 Å². The van der Waals surface area contributed by atoms with Gasteiger partial charge in [-0.25, -0.2) is 0 Å². The second-order valence-corrected chi connectivity index (χ2v) is 9.61. The maximum atomic E-state index is 10.8. The van der Waals surface area contributed by atoms with Crippen molar-refractivity contribution in [2.24, 2.45) is 10.8 Å².